The molecule has 0 spiro atoms. The maximum atomic E-state index is 12.5. The number of aliphatic carboxylic acids is 1. The smallest absolute Gasteiger partial charge is 0.326 e. The molecule has 6 nitrogen and oxygen atoms in total. The van der Waals surface area contributed by atoms with E-state index >= 15 is 0 Å². The number of hydrogen-bond donors (Lipinski definition) is 2. The first-order valence-corrected chi connectivity index (χ1v) is 7.37. The Morgan fingerprint density at radius 2 is 2.37 bits per heavy atom. The van der Waals surface area contributed by atoms with Gasteiger partial charge in [0.1, 0.15) is 6.04 Å². The normalized spacial score (nSPS) is 26.2. The number of nitrogens with one attached hydrogen (secondary N) is 1. The van der Waals surface area contributed by atoms with Crippen molar-refractivity contribution in [3.8, 4) is 0 Å². The number of amides is 1. The van der Waals surface area contributed by atoms with Crippen LogP contribution in [0.3, 0.4) is 0 Å². The number of imidazole rings is 1. The maximum Gasteiger partial charge on any atom is 0.326 e. The quantitative estimate of drug-likeness (QED) is 0.831. The number of rotatable bonds is 2. The van der Waals surface area contributed by atoms with Gasteiger partial charge in [-0.15, -0.1) is 11.8 Å². The number of carbonyl (C=O) groups is 2. The van der Waals surface area contributed by atoms with Crippen molar-refractivity contribution in [2.45, 2.75) is 37.1 Å². The summed E-state index contributed by atoms with van der Waals surface area (Å²) in [5.41, 5.74) is 1.62. The van der Waals surface area contributed by atoms with Crippen molar-refractivity contribution in [2.24, 2.45) is 0 Å². The molecule has 102 valence electrons. The van der Waals surface area contributed by atoms with E-state index in [4.69, 9.17) is 0 Å². The Balaban J connectivity index is 1.85. The molecule has 0 radical (unpaired) electrons. The first kappa shape index (κ1) is 12.5. The van der Waals surface area contributed by atoms with Gasteiger partial charge in [0, 0.05) is 6.42 Å². The van der Waals surface area contributed by atoms with Crippen molar-refractivity contribution >= 4 is 23.6 Å². The Bertz CT molecular complexity index is 510. The SMILES string of the molecule is O=C(O)C1Cc2nc[nH]c2CN1C(=O)C1CCCS1. The van der Waals surface area contributed by atoms with Crippen LogP contribution in [0.5, 0.6) is 0 Å². The molecule has 19 heavy (non-hydrogen) atoms. The second-order valence-corrected chi connectivity index (χ2v) is 6.16. The van der Waals surface area contributed by atoms with Crippen LogP contribution in [0.25, 0.3) is 0 Å². The van der Waals surface area contributed by atoms with E-state index in [9.17, 15) is 14.7 Å². The number of aromatic nitrogens is 2. The molecule has 2 aliphatic rings. The maximum absolute atomic E-state index is 12.5. The van der Waals surface area contributed by atoms with Crippen molar-refractivity contribution in [1.82, 2.24) is 14.9 Å². The lowest BCUT2D eigenvalue weighted by Gasteiger charge is -2.33. The summed E-state index contributed by atoms with van der Waals surface area (Å²) in [5.74, 6) is -0.0164. The summed E-state index contributed by atoms with van der Waals surface area (Å²) in [6.07, 6.45) is 3.73. The highest BCUT2D eigenvalue weighted by atomic mass is 32.2. The summed E-state index contributed by atoms with van der Waals surface area (Å²) < 4.78 is 0. The topological polar surface area (TPSA) is 86.3 Å². The molecule has 1 fully saturated rings. The third-order valence-electron chi connectivity index (χ3n) is 3.67. The number of aromatic amines is 1. The van der Waals surface area contributed by atoms with Crippen LogP contribution in [0.1, 0.15) is 24.2 Å². The van der Waals surface area contributed by atoms with E-state index in [1.165, 1.54) is 4.90 Å². The van der Waals surface area contributed by atoms with Gasteiger partial charge in [-0.1, -0.05) is 0 Å². The van der Waals surface area contributed by atoms with Crippen molar-refractivity contribution in [3.05, 3.63) is 17.7 Å². The minimum atomic E-state index is -0.954. The van der Waals surface area contributed by atoms with Gasteiger partial charge in [-0.05, 0) is 18.6 Å². The predicted molar refractivity (Wildman–Crippen MR) is 69.7 cm³/mol. The Morgan fingerprint density at radius 1 is 1.53 bits per heavy atom. The van der Waals surface area contributed by atoms with Crippen molar-refractivity contribution < 1.29 is 14.7 Å². The Labute approximate surface area is 114 Å². The number of hydrogen-bond acceptors (Lipinski definition) is 4. The summed E-state index contributed by atoms with van der Waals surface area (Å²) in [6.45, 7) is 0.322. The predicted octanol–water partition coefficient (Wildman–Crippen LogP) is 0.643. The molecule has 0 aliphatic carbocycles. The van der Waals surface area contributed by atoms with Crippen LogP contribution in [0.2, 0.25) is 0 Å². The van der Waals surface area contributed by atoms with Crippen LogP contribution >= 0.6 is 11.8 Å². The standard InChI is InChI=1S/C12H15N3O3S/c16-11(10-2-1-3-19-10)15-5-8-7(13-6-14-8)4-9(15)12(17)18/h6,9-10H,1-5H2,(H,13,14)(H,17,18). The molecule has 7 heteroatoms. The van der Waals surface area contributed by atoms with E-state index in [1.807, 2.05) is 0 Å². The van der Waals surface area contributed by atoms with Gasteiger partial charge in [0.25, 0.3) is 0 Å². The van der Waals surface area contributed by atoms with Gasteiger partial charge < -0.3 is 15.0 Å². The zero-order chi connectivity index (χ0) is 13.4. The van der Waals surface area contributed by atoms with Gasteiger partial charge in [-0.25, -0.2) is 9.78 Å². The molecular formula is C12H15N3O3S. The van der Waals surface area contributed by atoms with E-state index in [1.54, 1.807) is 18.1 Å². The van der Waals surface area contributed by atoms with Crippen LogP contribution in [0.15, 0.2) is 6.33 Å². The molecule has 1 aromatic heterocycles. The number of nitrogens with zero attached hydrogens (tertiary/aromatic N) is 2. The van der Waals surface area contributed by atoms with Gasteiger partial charge >= 0.3 is 5.97 Å². The molecule has 0 aromatic carbocycles. The van der Waals surface area contributed by atoms with E-state index in [2.05, 4.69) is 9.97 Å². The van der Waals surface area contributed by atoms with Gasteiger partial charge in [0.05, 0.1) is 29.5 Å². The Morgan fingerprint density at radius 3 is 3.05 bits per heavy atom. The molecule has 2 N–H and O–H groups in total. The van der Waals surface area contributed by atoms with Crippen LogP contribution in [0, 0.1) is 0 Å². The molecule has 1 saturated heterocycles. The molecule has 0 bridgehead atoms. The zero-order valence-corrected chi connectivity index (χ0v) is 11.2. The number of fused-ring (bicyclic) bond motifs is 1. The number of H-pyrrole nitrogens is 1. The third-order valence-corrected chi connectivity index (χ3v) is 5.04. The highest BCUT2D eigenvalue weighted by Crippen LogP contribution is 2.30. The van der Waals surface area contributed by atoms with E-state index in [-0.39, 0.29) is 17.6 Å². The van der Waals surface area contributed by atoms with Crippen molar-refractivity contribution in [3.63, 3.8) is 0 Å². The minimum Gasteiger partial charge on any atom is -0.480 e. The lowest BCUT2D eigenvalue weighted by molar-refractivity contribution is -0.151. The first-order chi connectivity index (χ1) is 9.16. The first-order valence-electron chi connectivity index (χ1n) is 6.33. The van der Waals surface area contributed by atoms with E-state index in [0.29, 0.717) is 6.54 Å². The van der Waals surface area contributed by atoms with E-state index in [0.717, 1.165) is 30.0 Å². The number of thioether (sulfide) groups is 1. The highest BCUT2D eigenvalue weighted by molar-refractivity contribution is 8.00. The highest BCUT2D eigenvalue weighted by Gasteiger charge is 2.39. The fourth-order valence-electron chi connectivity index (χ4n) is 2.65. The number of carbonyl (C=O) groups excluding carboxylic acids is 1. The second kappa shape index (κ2) is 4.88. The van der Waals surface area contributed by atoms with E-state index < -0.39 is 12.0 Å². The van der Waals surface area contributed by atoms with Gasteiger partial charge in [0.2, 0.25) is 5.91 Å². The molecule has 2 atom stereocenters. The molecule has 2 aliphatic heterocycles. The summed E-state index contributed by atoms with van der Waals surface area (Å²) in [7, 11) is 0. The average Bonchev–Trinajstić information content (AvgIpc) is 3.06. The monoisotopic (exact) mass is 281 g/mol. The molecule has 3 heterocycles. The summed E-state index contributed by atoms with van der Waals surface area (Å²) >= 11 is 1.63. The fraction of sp³-hybridized carbons (Fsp3) is 0.583. The summed E-state index contributed by atoms with van der Waals surface area (Å²) in [6, 6.07) is -0.788. The second-order valence-electron chi connectivity index (χ2n) is 4.85. The van der Waals surface area contributed by atoms with Crippen LogP contribution in [0.4, 0.5) is 0 Å². The molecule has 1 aromatic rings. The Kier molecular flexibility index (Phi) is 3.22. The molecule has 0 saturated carbocycles. The average molecular weight is 281 g/mol. The van der Waals surface area contributed by atoms with Gasteiger partial charge in [-0.3, -0.25) is 4.79 Å². The minimum absolute atomic E-state index is 0.0462. The number of carboxylic acid groups (broad SMARTS) is 1. The number of carboxylic acids is 1. The lowest BCUT2D eigenvalue weighted by atomic mass is 10.0. The van der Waals surface area contributed by atoms with Gasteiger partial charge in [0.15, 0.2) is 0 Å². The molecule has 2 unspecified atom stereocenters. The molecule has 3 rings (SSSR count). The van der Waals surface area contributed by atoms with Crippen LogP contribution in [-0.4, -0.2) is 48.9 Å². The zero-order valence-electron chi connectivity index (χ0n) is 10.3. The van der Waals surface area contributed by atoms with Crippen molar-refractivity contribution in [2.75, 3.05) is 5.75 Å². The van der Waals surface area contributed by atoms with Crippen LogP contribution < -0.4 is 0 Å². The molecule has 1 amide bonds. The fourth-order valence-corrected chi connectivity index (χ4v) is 3.87. The van der Waals surface area contributed by atoms with Crippen molar-refractivity contribution in [1.29, 1.82) is 0 Å². The van der Waals surface area contributed by atoms with Gasteiger partial charge in [-0.2, -0.15) is 0 Å². The Hall–Kier alpha value is -1.50. The summed E-state index contributed by atoms with van der Waals surface area (Å²) in [4.78, 5) is 32.4. The summed E-state index contributed by atoms with van der Waals surface area (Å²) in [5, 5.41) is 9.25. The third kappa shape index (κ3) is 2.22. The molecular weight excluding hydrogens is 266 g/mol. The largest absolute Gasteiger partial charge is 0.480 e. The van der Waals surface area contributed by atoms with Crippen LogP contribution in [-0.2, 0) is 22.6 Å². The lowest BCUT2D eigenvalue weighted by Crippen LogP contribution is -2.51.